The van der Waals surface area contributed by atoms with Crippen LogP contribution >= 0.6 is 27.3 Å². The van der Waals surface area contributed by atoms with Crippen molar-refractivity contribution >= 4 is 33.2 Å². The van der Waals surface area contributed by atoms with E-state index in [4.69, 9.17) is 0 Å². The second-order valence-corrected chi connectivity index (χ2v) is 7.81. The van der Waals surface area contributed by atoms with Gasteiger partial charge in [0.25, 0.3) is 0 Å². The molecule has 21 heavy (non-hydrogen) atoms. The third-order valence-electron chi connectivity index (χ3n) is 3.71. The first-order chi connectivity index (χ1) is 10.2. The van der Waals surface area contributed by atoms with Crippen LogP contribution in [0.25, 0.3) is 0 Å². The molecule has 4 nitrogen and oxygen atoms in total. The van der Waals surface area contributed by atoms with E-state index >= 15 is 0 Å². The van der Waals surface area contributed by atoms with Gasteiger partial charge in [-0.3, -0.25) is 14.6 Å². The third-order valence-corrected chi connectivity index (χ3v) is 5.27. The fourth-order valence-electron chi connectivity index (χ4n) is 2.46. The zero-order chi connectivity index (χ0) is 15.1. The summed E-state index contributed by atoms with van der Waals surface area (Å²) in [6.45, 7) is 8.53. The molecule has 1 aromatic heterocycles. The lowest BCUT2D eigenvalue weighted by molar-refractivity contribution is -0.122. The van der Waals surface area contributed by atoms with Gasteiger partial charge in [-0.2, -0.15) is 0 Å². The largest absolute Gasteiger partial charge is 0.355 e. The van der Waals surface area contributed by atoms with E-state index in [0.717, 1.165) is 52.1 Å². The molecule has 0 unspecified atom stereocenters. The molecule has 0 atom stereocenters. The molecule has 0 spiro atoms. The van der Waals surface area contributed by atoms with Crippen LogP contribution in [0.4, 0.5) is 0 Å². The Morgan fingerprint density at radius 2 is 2.05 bits per heavy atom. The second kappa shape index (κ2) is 8.88. The van der Waals surface area contributed by atoms with E-state index in [-0.39, 0.29) is 5.91 Å². The average molecular weight is 374 g/mol. The molecule has 0 aliphatic carbocycles. The number of carbonyl (C=O) groups excluding carboxylic acids is 1. The van der Waals surface area contributed by atoms with Gasteiger partial charge < -0.3 is 5.32 Å². The van der Waals surface area contributed by atoms with Crippen molar-refractivity contribution in [3.05, 3.63) is 20.8 Å². The second-order valence-electron chi connectivity index (χ2n) is 5.51. The summed E-state index contributed by atoms with van der Waals surface area (Å²) < 4.78 is 1.19. The zero-order valence-corrected chi connectivity index (χ0v) is 15.0. The zero-order valence-electron chi connectivity index (χ0n) is 12.6. The van der Waals surface area contributed by atoms with Crippen LogP contribution in [0, 0.1) is 0 Å². The van der Waals surface area contributed by atoms with Crippen LogP contribution in [0.3, 0.4) is 0 Å². The lowest BCUT2D eigenvalue weighted by Crippen LogP contribution is -2.49. The standard InChI is InChI=1S/C15H24BrN3OS/c1-2-3-4-17-15(20)11-19-7-5-18(6-8-19)10-13-9-14(16)21-12-13/h9,12H,2-8,10-11H2,1H3,(H,17,20). The van der Waals surface area contributed by atoms with Gasteiger partial charge in [0, 0.05) is 39.3 Å². The Labute approximate surface area is 139 Å². The molecule has 0 radical (unpaired) electrons. The monoisotopic (exact) mass is 373 g/mol. The van der Waals surface area contributed by atoms with Crippen LogP contribution in [0.15, 0.2) is 15.2 Å². The maximum Gasteiger partial charge on any atom is 0.234 e. The minimum atomic E-state index is 0.165. The van der Waals surface area contributed by atoms with E-state index < -0.39 is 0 Å². The normalized spacial score (nSPS) is 17.0. The lowest BCUT2D eigenvalue weighted by Gasteiger charge is -2.34. The molecule has 1 fully saturated rings. The average Bonchev–Trinajstić information content (AvgIpc) is 2.87. The number of nitrogens with one attached hydrogen (secondary N) is 1. The van der Waals surface area contributed by atoms with Crippen LogP contribution in [0.1, 0.15) is 25.3 Å². The molecule has 1 amide bonds. The number of unbranched alkanes of at least 4 members (excludes halogenated alkanes) is 1. The van der Waals surface area contributed by atoms with Crippen molar-refractivity contribution in [1.82, 2.24) is 15.1 Å². The number of amides is 1. The summed E-state index contributed by atoms with van der Waals surface area (Å²) in [5.41, 5.74) is 1.37. The number of piperazine rings is 1. The van der Waals surface area contributed by atoms with Gasteiger partial charge in [-0.1, -0.05) is 13.3 Å². The highest BCUT2D eigenvalue weighted by atomic mass is 79.9. The molecule has 118 valence electrons. The van der Waals surface area contributed by atoms with Gasteiger partial charge in [-0.25, -0.2) is 0 Å². The maximum absolute atomic E-state index is 11.8. The van der Waals surface area contributed by atoms with Crippen molar-refractivity contribution in [3.8, 4) is 0 Å². The van der Waals surface area contributed by atoms with E-state index in [2.05, 4.69) is 49.4 Å². The molecular formula is C15H24BrN3OS. The Balaban J connectivity index is 1.65. The van der Waals surface area contributed by atoms with Crippen LogP contribution in [0.5, 0.6) is 0 Å². The Hall–Kier alpha value is -0.430. The fourth-order valence-corrected chi connectivity index (χ4v) is 3.66. The quantitative estimate of drug-likeness (QED) is 0.745. The van der Waals surface area contributed by atoms with Crippen molar-refractivity contribution in [1.29, 1.82) is 0 Å². The van der Waals surface area contributed by atoms with E-state index in [9.17, 15) is 4.79 Å². The molecule has 0 aromatic carbocycles. The molecule has 1 aromatic rings. The summed E-state index contributed by atoms with van der Waals surface area (Å²) in [6.07, 6.45) is 2.19. The van der Waals surface area contributed by atoms with Gasteiger partial charge >= 0.3 is 0 Å². The molecule has 2 rings (SSSR count). The van der Waals surface area contributed by atoms with Crippen molar-refractivity contribution in [3.63, 3.8) is 0 Å². The van der Waals surface area contributed by atoms with E-state index in [1.54, 1.807) is 11.3 Å². The summed E-state index contributed by atoms with van der Waals surface area (Å²) in [4.78, 5) is 16.5. The first kappa shape index (κ1) is 16.9. The Morgan fingerprint density at radius 3 is 2.67 bits per heavy atom. The van der Waals surface area contributed by atoms with E-state index in [1.807, 2.05) is 0 Å². The highest BCUT2D eigenvalue weighted by molar-refractivity contribution is 9.11. The first-order valence-corrected chi connectivity index (χ1v) is 9.29. The number of rotatable bonds is 7. The van der Waals surface area contributed by atoms with Gasteiger partial charge in [0.15, 0.2) is 0 Å². The molecular weight excluding hydrogens is 350 g/mol. The number of hydrogen-bond acceptors (Lipinski definition) is 4. The molecule has 1 saturated heterocycles. The maximum atomic E-state index is 11.8. The van der Waals surface area contributed by atoms with Gasteiger partial charge in [-0.15, -0.1) is 11.3 Å². The molecule has 0 bridgehead atoms. The van der Waals surface area contributed by atoms with E-state index in [0.29, 0.717) is 6.54 Å². The SMILES string of the molecule is CCCCNC(=O)CN1CCN(Cc2csc(Br)c2)CC1. The summed E-state index contributed by atoms with van der Waals surface area (Å²) in [7, 11) is 0. The minimum Gasteiger partial charge on any atom is -0.355 e. The van der Waals surface area contributed by atoms with Gasteiger partial charge in [0.05, 0.1) is 10.3 Å². The molecule has 0 saturated carbocycles. The molecule has 6 heteroatoms. The van der Waals surface area contributed by atoms with Crippen LogP contribution in [-0.2, 0) is 11.3 Å². The van der Waals surface area contributed by atoms with Gasteiger partial charge in [0.2, 0.25) is 5.91 Å². The predicted octanol–water partition coefficient (Wildman–Crippen LogP) is 2.54. The Morgan fingerprint density at radius 1 is 1.33 bits per heavy atom. The summed E-state index contributed by atoms with van der Waals surface area (Å²) in [5.74, 6) is 0.165. The Bertz CT molecular complexity index is 444. The summed E-state index contributed by atoms with van der Waals surface area (Å²) >= 11 is 5.24. The third kappa shape index (κ3) is 6.06. The van der Waals surface area contributed by atoms with Gasteiger partial charge in [-0.05, 0) is 39.4 Å². The van der Waals surface area contributed by atoms with Crippen molar-refractivity contribution in [2.75, 3.05) is 39.3 Å². The highest BCUT2D eigenvalue weighted by Gasteiger charge is 2.19. The van der Waals surface area contributed by atoms with Crippen molar-refractivity contribution in [2.24, 2.45) is 0 Å². The lowest BCUT2D eigenvalue weighted by atomic mass is 10.2. The topological polar surface area (TPSA) is 35.6 Å². The molecule has 2 heterocycles. The van der Waals surface area contributed by atoms with Crippen LogP contribution in [-0.4, -0.2) is 55.0 Å². The number of halogens is 1. The minimum absolute atomic E-state index is 0.165. The Kier molecular flexibility index (Phi) is 7.16. The van der Waals surface area contributed by atoms with E-state index in [1.165, 1.54) is 9.35 Å². The fraction of sp³-hybridized carbons (Fsp3) is 0.667. The highest BCUT2D eigenvalue weighted by Crippen LogP contribution is 2.22. The number of hydrogen-bond donors (Lipinski definition) is 1. The summed E-state index contributed by atoms with van der Waals surface area (Å²) in [5, 5.41) is 5.19. The van der Waals surface area contributed by atoms with Crippen LogP contribution in [0.2, 0.25) is 0 Å². The molecule has 1 aliphatic rings. The van der Waals surface area contributed by atoms with Gasteiger partial charge in [0.1, 0.15) is 0 Å². The number of nitrogens with zero attached hydrogens (tertiary/aromatic N) is 2. The smallest absolute Gasteiger partial charge is 0.234 e. The predicted molar refractivity (Wildman–Crippen MR) is 91.7 cm³/mol. The molecule has 1 N–H and O–H groups in total. The summed E-state index contributed by atoms with van der Waals surface area (Å²) in [6, 6.07) is 2.19. The number of carbonyl (C=O) groups is 1. The first-order valence-electron chi connectivity index (χ1n) is 7.61. The van der Waals surface area contributed by atoms with Crippen molar-refractivity contribution in [2.45, 2.75) is 26.3 Å². The number of thiophene rings is 1. The molecule has 1 aliphatic heterocycles. The van der Waals surface area contributed by atoms with Crippen molar-refractivity contribution < 1.29 is 4.79 Å². The van der Waals surface area contributed by atoms with Crippen LogP contribution < -0.4 is 5.32 Å².